The van der Waals surface area contributed by atoms with E-state index in [2.05, 4.69) is 9.80 Å². The van der Waals surface area contributed by atoms with Crippen LogP contribution in [0.25, 0.3) is 0 Å². The maximum absolute atomic E-state index is 12.9. The monoisotopic (exact) mass is 566 g/mol. The Morgan fingerprint density at radius 1 is 0.976 bits per heavy atom. The normalized spacial score (nSPS) is 15.7. The van der Waals surface area contributed by atoms with Crippen LogP contribution in [0.15, 0.2) is 51.7 Å². The zero-order valence-corrected chi connectivity index (χ0v) is 23.4. The summed E-state index contributed by atoms with van der Waals surface area (Å²) in [7, 11) is 4.42. The summed E-state index contributed by atoms with van der Waals surface area (Å²) < 4.78 is 33.3. The molecule has 1 N–H and O–H groups in total. The minimum atomic E-state index is -0.841. The van der Waals surface area contributed by atoms with Crippen molar-refractivity contribution in [2.75, 3.05) is 65.6 Å². The average Bonchev–Trinajstić information content (AvgIpc) is 3.01. The van der Waals surface area contributed by atoms with Gasteiger partial charge in [0.05, 0.1) is 40.2 Å². The standard InChI is InChI=1S/C30H34N2O9/c1-36-21-6-4-20(5-7-21)32-10-8-31(9-11-32)18-22-16-24(33)28(35)29(41-22)23(17-27(34)38-3)19-14-25(37-2)30-26(15-19)39-12-13-40-30/h4-7,14-16,23,35H,8-13,17-18H2,1-3H3/t23-/m0/s1. The van der Waals surface area contributed by atoms with Crippen molar-refractivity contribution in [2.45, 2.75) is 18.9 Å². The van der Waals surface area contributed by atoms with Crippen LogP contribution in [0, 0.1) is 0 Å². The second-order valence-electron chi connectivity index (χ2n) is 9.83. The topological polar surface area (TPSA) is 120 Å². The number of piperazine rings is 1. The Kier molecular flexibility index (Phi) is 8.53. The largest absolute Gasteiger partial charge is 0.502 e. The van der Waals surface area contributed by atoms with E-state index in [0.29, 0.717) is 48.3 Å². The highest BCUT2D eigenvalue weighted by Crippen LogP contribution is 2.44. The second kappa shape index (κ2) is 12.4. The van der Waals surface area contributed by atoms with Crippen LogP contribution in [0.2, 0.25) is 0 Å². The fourth-order valence-corrected chi connectivity index (χ4v) is 5.15. The van der Waals surface area contributed by atoms with Gasteiger partial charge in [0, 0.05) is 37.9 Å². The van der Waals surface area contributed by atoms with Gasteiger partial charge in [-0.15, -0.1) is 0 Å². The number of benzene rings is 2. The molecule has 218 valence electrons. The quantitative estimate of drug-likeness (QED) is 0.385. The Morgan fingerprint density at radius 2 is 1.71 bits per heavy atom. The van der Waals surface area contributed by atoms with Gasteiger partial charge in [0.2, 0.25) is 16.9 Å². The lowest BCUT2D eigenvalue weighted by atomic mass is 9.91. The third-order valence-electron chi connectivity index (χ3n) is 7.36. The summed E-state index contributed by atoms with van der Waals surface area (Å²) in [6, 6.07) is 12.6. The molecular weight excluding hydrogens is 532 g/mol. The van der Waals surface area contributed by atoms with Gasteiger partial charge < -0.3 is 38.1 Å². The van der Waals surface area contributed by atoms with Crippen LogP contribution < -0.4 is 29.3 Å². The molecule has 3 aromatic rings. The molecule has 1 aromatic heterocycles. The number of esters is 1. The molecule has 0 aliphatic carbocycles. The van der Waals surface area contributed by atoms with Crippen molar-refractivity contribution in [2.24, 2.45) is 0 Å². The molecule has 0 bridgehead atoms. The SMILES string of the molecule is COC(=O)C[C@@H](c1cc(OC)c2c(c1)OCCO2)c1oc(CN2CCN(c3ccc(OC)cc3)CC2)cc(=O)c1O. The first-order valence-electron chi connectivity index (χ1n) is 13.4. The lowest BCUT2D eigenvalue weighted by Gasteiger charge is -2.36. The van der Waals surface area contributed by atoms with Crippen LogP contribution in [-0.2, 0) is 16.1 Å². The predicted octanol–water partition coefficient (Wildman–Crippen LogP) is 3.15. The smallest absolute Gasteiger partial charge is 0.306 e. The van der Waals surface area contributed by atoms with E-state index in [1.807, 2.05) is 24.3 Å². The van der Waals surface area contributed by atoms with Crippen molar-refractivity contribution in [1.29, 1.82) is 0 Å². The lowest BCUT2D eigenvalue weighted by Crippen LogP contribution is -2.46. The molecule has 2 aliphatic heterocycles. The van der Waals surface area contributed by atoms with Crippen molar-refractivity contribution in [3.05, 3.63) is 69.8 Å². The summed E-state index contributed by atoms with van der Waals surface area (Å²) in [6.07, 6.45) is -0.181. The highest BCUT2D eigenvalue weighted by Gasteiger charge is 2.30. The number of hydrogen-bond donors (Lipinski definition) is 1. The number of fused-ring (bicyclic) bond motifs is 1. The van der Waals surface area contributed by atoms with Crippen molar-refractivity contribution < 1.29 is 38.0 Å². The first kappa shape index (κ1) is 28.2. The number of rotatable bonds is 9. The van der Waals surface area contributed by atoms with Gasteiger partial charge in [-0.1, -0.05) is 0 Å². The lowest BCUT2D eigenvalue weighted by molar-refractivity contribution is -0.140. The number of carbonyl (C=O) groups is 1. The highest BCUT2D eigenvalue weighted by atomic mass is 16.6. The number of carbonyl (C=O) groups excluding carboxylic acids is 1. The molecule has 3 heterocycles. The van der Waals surface area contributed by atoms with Crippen molar-refractivity contribution >= 4 is 11.7 Å². The minimum absolute atomic E-state index is 0.0199. The van der Waals surface area contributed by atoms with Crippen LogP contribution >= 0.6 is 0 Å². The maximum Gasteiger partial charge on any atom is 0.306 e. The zero-order valence-electron chi connectivity index (χ0n) is 23.4. The third-order valence-corrected chi connectivity index (χ3v) is 7.36. The average molecular weight is 567 g/mol. The molecule has 1 fully saturated rings. The van der Waals surface area contributed by atoms with Gasteiger partial charge in [-0.25, -0.2) is 0 Å². The van der Waals surface area contributed by atoms with Crippen LogP contribution in [0.1, 0.15) is 29.4 Å². The fraction of sp³-hybridized carbons (Fsp3) is 0.400. The number of aromatic hydroxyl groups is 1. The third kappa shape index (κ3) is 6.19. The van der Waals surface area contributed by atoms with Crippen LogP contribution in [0.5, 0.6) is 28.7 Å². The number of anilines is 1. The molecule has 0 spiro atoms. The van der Waals surface area contributed by atoms with Gasteiger partial charge >= 0.3 is 5.97 Å². The molecule has 11 heteroatoms. The van der Waals surface area contributed by atoms with Gasteiger partial charge in [0.25, 0.3) is 0 Å². The van der Waals surface area contributed by atoms with Crippen LogP contribution in [-0.4, -0.2) is 76.7 Å². The van der Waals surface area contributed by atoms with Gasteiger partial charge in [0.15, 0.2) is 17.3 Å². The van der Waals surface area contributed by atoms with E-state index in [1.54, 1.807) is 19.2 Å². The summed E-state index contributed by atoms with van der Waals surface area (Å²) in [5.74, 6) is 0.540. The van der Waals surface area contributed by atoms with Gasteiger partial charge in [-0.05, 0) is 42.0 Å². The summed E-state index contributed by atoms with van der Waals surface area (Å²) in [4.78, 5) is 29.8. The van der Waals surface area contributed by atoms with Crippen molar-refractivity contribution in [1.82, 2.24) is 4.90 Å². The minimum Gasteiger partial charge on any atom is -0.502 e. The van der Waals surface area contributed by atoms with Gasteiger partial charge in [-0.2, -0.15) is 0 Å². The molecule has 41 heavy (non-hydrogen) atoms. The molecule has 2 aromatic carbocycles. The molecule has 0 saturated carbocycles. The number of nitrogens with zero attached hydrogens (tertiary/aromatic N) is 2. The molecule has 0 unspecified atom stereocenters. The van der Waals surface area contributed by atoms with E-state index < -0.39 is 23.1 Å². The molecular formula is C30H34N2O9. The van der Waals surface area contributed by atoms with E-state index in [1.165, 1.54) is 20.3 Å². The van der Waals surface area contributed by atoms with E-state index in [0.717, 1.165) is 37.6 Å². The second-order valence-corrected chi connectivity index (χ2v) is 9.83. The Morgan fingerprint density at radius 3 is 2.39 bits per heavy atom. The fourth-order valence-electron chi connectivity index (χ4n) is 5.15. The predicted molar refractivity (Wildman–Crippen MR) is 150 cm³/mol. The molecule has 11 nitrogen and oxygen atoms in total. The molecule has 0 amide bonds. The zero-order chi connectivity index (χ0) is 28.9. The summed E-state index contributed by atoms with van der Waals surface area (Å²) in [6.45, 7) is 4.18. The Bertz CT molecular complexity index is 1410. The summed E-state index contributed by atoms with van der Waals surface area (Å²) in [5, 5.41) is 10.8. The Labute approximate surface area is 237 Å². The summed E-state index contributed by atoms with van der Waals surface area (Å²) >= 11 is 0. The molecule has 2 aliphatic rings. The first-order valence-corrected chi connectivity index (χ1v) is 13.4. The van der Waals surface area contributed by atoms with Crippen molar-refractivity contribution in [3.63, 3.8) is 0 Å². The van der Waals surface area contributed by atoms with Gasteiger partial charge in [0.1, 0.15) is 24.7 Å². The Hall–Kier alpha value is -4.38. The molecule has 1 saturated heterocycles. The van der Waals surface area contributed by atoms with E-state index in [4.69, 9.17) is 28.1 Å². The van der Waals surface area contributed by atoms with Crippen molar-refractivity contribution in [3.8, 4) is 28.7 Å². The number of ether oxygens (including phenoxy) is 5. The number of methoxy groups -OCH3 is 3. The molecule has 1 atom stereocenters. The van der Waals surface area contributed by atoms with E-state index in [-0.39, 0.29) is 12.2 Å². The highest BCUT2D eigenvalue weighted by molar-refractivity contribution is 5.71. The van der Waals surface area contributed by atoms with E-state index in [9.17, 15) is 14.7 Å². The van der Waals surface area contributed by atoms with Gasteiger partial charge in [-0.3, -0.25) is 14.5 Å². The van der Waals surface area contributed by atoms with Crippen LogP contribution in [0.3, 0.4) is 0 Å². The Balaban J connectivity index is 1.40. The summed E-state index contributed by atoms with van der Waals surface area (Å²) in [5.41, 5.74) is 1.07. The van der Waals surface area contributed by atoms with Crippen LogP contribution in [0.4, 0.5) is 5.69 Å². The molecule has 0 radical (unpaired) electrons. The number of hydrogen-bond acceptors (Lipinski definition) is 11. The maximum atomic E-state index is 12.9. The van der Waals surface area contributed by atoms with E-state index >= 15 is 0 Å². The first-order chi connectivity index (χ1) is 19.9. The molecule has 5 rings (SSSR count).